The van der Waals surface area contributed by atoms with Crippen LogP contribution in [0.25, 0.3) is 0 Å². The smallest absolute Gasteiger partial charge is 0.347 e. The van der Waals surface area contributed by atoms with Gasteiger partial charge in [-0.15, -0.1) is 0 Å². The van der Waals surface area contributed by atoms with E-state index in [4.69, 9.17) is 51.6 Å². The molecule has 0 aliphatic heterocycles. The fraction of sp³-hybridized carbons (Fsp3) is 0.373. The van der Waals surface area contributed by atoms with Crippen LogP contribution in [-0.4, -0.2) is 110 Å². The maximum atomic E-state index is 14.1. The van der Waals surface area contributed by atoms with Crippen LogP contribution < -0.4 is 29.1 Å². The van der Waals surface area contributed by atoms with Crippen LogP contribution in [0.3, 0.4) is 0 Å². The third-order valence-electron chi connectivity index (χ3n) is 11.9. The molecule has 0 saturated carbocycles. The summed E-state index contributed by atoms with van der Waals surface area (Å²) >= 11 is 0. The SMILES string of the molecule is Cc1cc(OC(CCON=C(N)NOCCC(Oc2cc(C)cc(OS(=O)(=O)c3ccccc3S(=O)(=O)N(CCC#N)Cc3ccco3)c2)C(=O)OC(C)(C)C)C(=O)OC(C)(C)C)cc(OS(=O)(=O)c2ccccc2S(=O)(=O)N(CCC#N)Cc2ccco2)c1. The zero-order valence-corrected chi connectivity index (χ0v) is 53.7. The van der Waals surface area contributed by atoms with Gasteiger partial charge in [-0.05, 0) is 144 Å². The molecular weight excluding hydrogens is 1250 g/mol. The Morgan fingerprint density at radius 2 is 0.967 bits per heavy atom. The third kappa shape index (κ3) is 20.7. The first-order valence-electron chi connectivity index (χ1n) is 27.5. The molecule has 6 aromatic rings. The average Bonchev–Trinajstić information content (AvgIpc) is 1.14. The minimum absolute atomic E-state index is 0.0508. The molecule has 3 N–H and O–H groups in total. The Hall–Kier alpha value is -8.69. The Morgan fingerprint density at radius 3 is 1.34 bits per heavy atom. The molecule has 6 rings (SSSR count). The number of furan rings is 2. The first kappa shape index (κ1) is 70.4. The maximum absolute atomic E-state index is 14.1. The van der Waals surface area contributed by atoms with Crippen molar-refractivity contribution in [1.82, 2.24) is 14.1 Å². The molecule has 0 saturated heterocycles. The molecule has 90 heavy (non-hydrogen) atoms. The van der Waals surface area contributed by atoms with Crippen LogP contribution >= 0.6 is 0 Å². The van der Waals surface area contributed by atoms with Gasteiger partial charge in [0.2, 0.25) is 20.0 Å². The van der Waals surface area contributed by atoms with Gasteiger partial charge in [0.05, 0.1) is 44.4 Å². The van der Waals surface area contributed by atoms with Crippen molar-refractivity contribution < 1.29 is 89.1 Å². The molecular formula is C59H69N7O20S4. The van der Waals surface area contributed by atoms with Gasteiger partial charge in [-0.1, -0.05) is 24.3 Å². The van der Waals surface area contributed by atoms with Gasteiger partial charge in [-0.3, -0.25) is 4.84 Å². The Labute approximate surface area is 523 Å². The van der Waals surface area contributed by atoms with Gasteiger partial charge < -0.3 is 46.7 Å². The van der Waals surface area contributed by atoms with E-state index in [0.29, 0.717) is 11.1 Å². The number of aryl methyl sites for hydroxylation is 2. The maximum Gasteiger partial charge on any atom is 0.347 e. The number of carbonyl (C=O) groups excluding carboxylic acids is 2. The van der Waals surface area contributed by atoms with Gasteiger partial charge in [-0.25, -0.2) is 31.9 Å². The largest absolute Gasteiger partial charge is 0.478 e. The molecule has 27 nitrogen and oxygen atoms in total. The molecule has 0 fully saturated rings. The van der Waals surface area contributed by atoms with E-state index in [1.807, 2.05) is 12.1 Å². The highest BCUT2D eigenvalue weighted by atomic mass is 32.2. The van der Waals surface area contributed by atoms with Crippen molar-refractivity contribution in [2.75, 3.05) is 26.3 Å². The van der Waals surface area contributed by atoms with Gasteiger partial charge in [0.15, 0.2) is 12.2 Å². The number of rotatable bonds is 32. The Balaban J connectivity index is 1.10. The van der Waals surface area contributed by atoms with E-state index in [2.05, 4.69) is 10.6 Å². The lowest BCUT2D eigenvalue weighted by Gasteiger charge is -2.25. The number of oxime groups is 1. The van der Waals surface area contributed by atoms with Crippen LogP contribution in [0.2, 0.25) is 0 Å². The summed E-state index contributed by atoms with van der Waals surface area (Å²) in [6, 6.07) is 27.6. The minimum Gasteiger partial charge on any atom is -0.478 e. The Kier molecular flexibility index (Phi) is 24.0. The van der Waals surface area contributed by atoms with E-state index in [9.17, 15) is 53.8 Å². The first-order valence-corrected chi connectivity index (χ1v) is 33.2. The van der Waals surface area contributed by atoms with E-state index in [-0.39, 0.29) is 99.6 Å². The summed E-state index contributed by atoms with van der Waals surface area (Å²) in [4.78, 5) is 35.3. The topological polar surface area (TPSA) is 375 Å². The number of nitrogens with one attached hydrogen (secondary N) is 1. The highest BCUT2D eigenvalue weighted by Gasteiger charge is 2.36. The second-order valence-electron chi connectivity index (χ2n) is 21.7. The van der Waals surface area contributed by atoms with E-state index >= 15 is 0 Å². The van der Waals surface area contributed by atoms with E-state index in [1.54, 1.807) is 67.5 Å². The number of hydrogen-bond donors (Lipinski definition) is 2. The highest BCUT2D eigenvalue weighted by molar-refractivity contribution is 7.92. The predicted octanol–water partition coefficient (Wildman–Crippen LogP) is 7.66. The summed E-state index contributed by atoms with van der Waals surface area (Å²) in [6.45, 7) is 11.2. The van der Waals surface area contributed by atoms with Crippen LogP contribution in [0.4, 0.5) is 0 Å². The Bertz CT molecular complexity index is 4020. The molecule has 31 heteroatoms. The molecule has 4 aromatic carbocycles. The van der Waals surface area contributed by atoms with Crippen LogP contribution in [-0.2, 0) is 82.1 Å². The standard InChI is InChI=1S/C59H69N7O20S4/c1-41-33-45(37-47(35-41)85-89(73,74)53-21-11-9-19-51(53)87(69,70)65(27-15-25-60)39-43-17-13-29-77-43)81-49(55(67)83-58(3,4)5)23-31-79-63-57(62)64-80-32-24-50(56(68)84-59(6,7)8)82-46-34-42(2)36-48(38-46)86-90(75,76)54-22-12-10-20-52(54)88(71,72)66(28-16-26-61)40-44-18-14-30-78-44/h9-14,17-22,29-30,33-38,49-50H,15-16,23-24,27-28,31-32,39-40H2,1-8H3,(H3,62,63,64). The summed E-state index contributed by atoms with van der Waals surface area (Å²) < 4.78 is 159. The predicted molar refractivity (Wildman–Crippen MR) is 320 cm³/mol. The third-order valence-corrected chi connectivity index (χ3v) is 18.6. The van der Waals surface area contributed by atoms with Gasteiger partial charge in [-0.2, -0.15) is 36.0 Å². The molecule has 484 valence electrons. The number of benzene rings is 4. The normalized spacial score (nSPS) is 13.1. The lowest BCUT2D eigenvalue weighted by molar-refractivity contribution is -0.165. The second-order valence-corrected chi connectivity index (χ2v) is 28.5. The number of nitrogens with zero attached hydrogens (tertiary/aromatic N) is 5. The zero-order chi connectivity index (χ0) is 66.1. The molecule has 0 aliphatic rings. The van der Waals surface area contributed by atoms with Gasteiger partial charge in [0.25, 0.3) is 5.96 Å². The quantitative estimate of drug-likeness (QED) is 0.0102. The van der Waals surface area contributed by atoms with Crippen LogP contribution in [0.15, 0.2) is 155 Å². The lowest BCUT2D eigenvalue weighted by Crippen LogP contribution is -2.38. The van der Waals surface area contributed by atoms with Crippen molar-refractivity contribution in [2.45, 2.75) is 137 Å². The van der Waals surface area contributed by atoms with Crippen molar-refractivity contribution in [3.05, 3.63) is 144 Å². The molecule has 0 radical (unpaired) electrons. The molecule has 2 heterocycles. The number of carbonyl (C=O) groups is 2. The summed E-state index contributed by atoms with van der Waals surface area (Å²) in [5.41, 5.74) is 7.19. The Morgan fingerprint density at radius 1 is 0.578 bits per heavy atom. The number of hydrogen-bond acceptors (Lipinski definition) is 23. The number of esters is 2. The van der Waals surface area contributed by atoms with E-state index < -0.39 is 101 Å². The van der Waals surface area contributed by atoms with Crippen LogP contribution in [0, 0.1) is 36.5 Å². The van der Waals surface area contributed by atoms with Gasteiger partial charge in [0, 0.05) is 50.9 Å². The number of nitrogens with two attached hydrogens (primary N) is 1. The monoisotopic (exact) mass is 1320 g/mol. The fourth-order valence-corrected chi connectivity index (χ4v) is 14.4. The first-order chi connectivity index (χ1) is 42.3. The lowest BCUT2D eigenvalue weighted by atomic mass is 10.2. The van der Waals surface area contributed by atoms with Crippen molar-refractivity contribution in [3.8, 4) is 35.1 Å². The minimum atomic E-state index is -4.91. The molecule has 2 atom stereocenters. The van der Waals surface area contributed by atoms with E-state index in [0.717, 1.165) is 32.9 Å². The molecule has 2 aromatic heterocycles. The molecule has 2 unspecified atom stereocenters. The number of guanidine groups is 1. The molecule has 0 amide bonds. The number of hydroxylamine groups is 1. The average molecular weight is 1320 g/mol. The van der Waals surface area contributed by atoms with Crippen LogP contribution in [0.5, 0.6) is 23.0 Å². The van der Waals surface area contributed by atoms with Gasteiger partial charge >= 0.3 is 32.2 Å². The molecule has 0 spiro atoms. The fourth-order valence-electron chi connectivity index (χ4n) is 8.19. The number of ether oxygens (including phenoxy) is 4. The van der Waals surface area contributed by atoms with Crippen molar-refractivity contribution in [3.63, 3.8) is 0 Å². The van der Waals surface area contributed by atoms with Crippen LogP contribution in [0.1, 0.15) is 89.9 Å². The molecule has 0 aliphatic carbocycles. The van der Waals surface area contributed by atoms with Gasteiger partial charge in [0.1, 0.15) is 71.9 Å². The summed E-state index contributed by atoms with van der Waals surface area (Å²) in [5, 5.41) is 22.3. The van der Waals surface area contributed by atoms with E-state index in [1.165, 1.54) is 85.3 Å². The summed E-state index contributed by atoms with van der Waals surface area (Å²) in [5.74, 6) is -2.32. The van der Waals surface area contributed by atoms with Crippen molar-refractivity contribution in [2.24, 2.45) is 10.9 Å². The van der Waals surface area contributed by atoms with Crippen molar-refractivity contribution >= 4 is 58.2 Å². The number of nitriles is 2. The zero-order valence-electron chi connectivity index (χ0n) is 50.4. The molecule has 0 bridgehead atoms. The second kappa shape index (κ2) is 30.7. The van der Waals surface area contributed by atoms with Crippen molar-refractivity contribution in [1.29, 1.82) is 10.5 Å². The summed E-state index contributed by atoms with van der Waals surface area (Å²) in [7, 11) is -19.0. The highest BCUT2D eigenvalue weighted by Crippen LogP contribution is 2.34. The summed E-state index contributed by atoms with van der Waals surface area (Å²) in [6.07, 6.45) is -0.954. The number of sulfonamides is 2.